The molecule has 6 heteroatoms. The van der Waals surface area contributed by atoms with Crippen molar-refractivity contribution in [1.82, 2.24) is 4.90 Å². The molecule has 0 aromatic carbocycles. The van der Waals surface area contributed by atoms with Gasteiger partial charge in [-0.1, -0.05) is 6.92 Å². The Kier molecular flexibility index (Phi) is 7.66. The van der Waals surface area contributed by atoms with Crippen molar-refractivity contribution in [2.24, 2.45) is 5.73 Å². The van der Waals surface area contributed by atoms with Crippen LogP contribution in [0.4, 0.5) is 0 Å². The molecule has 5 nitrogen and oxygen atoms in total. The molecule has 1 amide bonds. The summed E-state index contributed by atoms with van der Waals surface area (Å²) in [7, 11) is 1.63. The van der Waals surface area contributed by atoms with Crippen molar-refractivity contribution in [3.8, 4) is 0 Å². The fourth-order valence-corrected chi connectivity index (χ4v) is 1.62. The van der Waals surface area contributed by atoms with Gasteiger partial charge in [-0.05, 0) is 6.42 Å². The monoisotopic (exact) mass is 252 g/mol. The van der Waals surface area contributed by atoms with E-state index in [1.807, 2.05) is 6.92 Å². The molecule has 1 heterocycles. The molecule has 0 aliphatic carbocycles. The van der Waals surface area contributed by atoms with Crippen LogP contribution in [0.3, 0.4) is 0 Å². The third-order valence-electron chi connectivity index (χ3n) is 2.56. The first-order chi connectivity index (χ1) is 7.19. The van der Waals surface area contributed by atoms with E-state index in [4.69, 9.17) is 15.2 Å². The Morgan fingerprint density at radius 1 is 1.69 bits per heavy atom. The Labute approximate surface area is 103 Å². The van der Waals surface area contributed by atoms with Gasteiger partial charge < -0.3 is 20.1 Å². The maximum Gasteiger partial charge on any atom is 0.239 e. The van der Waals surface area contributed by atoms with Crippen molar-refractivity contribution in [1.29, 1.82) is 0 Å². The summed E-state index contributed by atoms with van der Waals surface area (Å²) >= 11 is 0. The van der Waals surface area contributed by atoms with Gasteiger partial charge in [0, 0.05) is 20.2 Å². The summed E-state index contributed by atoms with van der Waals surface area (Å²) in [5.41, 5.74) is 5.70. The molecule has 0 bridgehead atoms. The lowest BCUT2D eigenvalue weighted by Gasteiger charge is -2.33. The minimum atomic E-state index is -0.383. The van der Waals surface area contributed by atoms with Gasteiger partial charge in [0.15, 0.2) is 0 Å². The summed E-state index contributed by atoms with van der Waals surface area (Å²) < 4.78 is 10.5. The summed E-state index contributed by atoms with van der Waals surface area (Å²) in [4.78, 5) is 13.5. The summed E-state index contributed by atoms with van der Waals surface area (Å²) in [6.45, 7) is 4.21. The molecule has 1 aliphatic heterocycles. The zero-order valence-corrected chi connectivity index (χ0v) is 10.7. The Morgan fingerprint density at radius 3 is 2.94 bits per heavy atom. The number of carbonyl (C=O) groups is 1. The fraction of sp³-hybridized carbons (Fsp3) is 0.900. The Morgan fingerprint density at radius 2 is 2.38 bits per heavy atom. The minimum absolute atomic E-state index is 0. The largest absolute Gasteiger partial charge is 0.382 e. The SMILES string of the molecule is CC[C@H](N)C(=O)N1CCOC(COC)C1.Cl. The molecule has 0 saturated carbocycles. The number of amides is 1. The van der Waals surface area contributed by atoms with Crippen LogP contribution in [0.2, 0.25) is 0 Å². The zero-order valence-electron chi connectivity index (χ0n) is 9.85. The number of nitrogens with zero attached hydrogens (tertiary/aromatic N) is 1. The van der Waals surface area contributed by atoms with Crippen LogP contribution in [0, 0.1) is 0 Å². The lowest BCUT2D eigenvalue weighted by atomic mass is 10.2. The van der Waals surface area contributed by atoms with E-state index in [0.717, 1.165) is 0 Å². The average Bonchev–Trinajstić information content (AvgIpc) is 2.28. The number of halogens is 1. The lowest BCUT2D eigenvalue weighted by Crippen LogP contribution is -2.52. The summed E-state index contributed by atoms with van der Waals surface area (Å²) in [5, 5.41) is 0. The van der Waals surface area contributed by atoms with Crippen LogP contribution >= 0.6 is 12.4 Å². The molecule has 1 rings (SSSR count). The van der Waals surface area contributed by atoms with Gasteiger partial charge in [0.05, 0.1) is 25.4 Å². The molecule has 0 aromatic heterocycles. The van der Waals surface area contributed by atoms with Gasteiger partial charge >= 0.3 is 0 Å². The minimum Gasteiger partial charge on any atom is -0.382 e. The van der Waals surface area contributed by atoms with Crippen molar-refractivity contribution < 1.29 is 14.3 Å². The maximum atomic E-state index is 11.8. The number of morpholine rings is 1. The Balaban J connectivity index is 0.00000225. The highest BCUT2D eigenvalue weighted by atomic mass is 35.5. The number of hydrogen-bond donors (Lipinski definition) is 1. The first-order valence-corrected chi connectivity index (χ1v) is 5.34. The molecule has 0 radical (unpaired) electrons. The Bertz CT molecular complexity index is 214. The van der Waals surface area contributed by atoms with Gasteiger partial charge in [-0.3, -0.25) is 4.79 Å². The van der Waals surface area contributed by atoms with Crippen molar-refractivity contribution in [2.45, 2.75) is 25.5 Å². The molecule has 0 spiro atoms. The van der Waals surface area contributed by atoms with E-state index in [9.17, 15) is 4.79 Å². The lowest BCUT2D eigenvalue weighted by molar-refractivity contribution is -0.142. The van der Waals surface area contributed by atoms with Gasteiger partial charge in [-0.2, -0.15) is 0 Å². The van der Waals surface area contributed by atoms with Crippen molar-refractivity contribution in [2.75, 3.05) is 33.4 Å². The molecule has 0 aromatic rings. The van der Waals surface area contributed by atoms with Crippen molar-refractivity contribution in [3.05, 3.63) is 0 Å². The van der Waals surface area contributed by atoms with Crippen LogP contribution in [-0.4, -0.2) is 56.4 Å². The predicted octanol–water partition coefficient (Wildman–Crippen LogP) is 0.0193. The number of rotatable bonds is 4. The number of methoxy groups -OCH3 is 1. The topological polar surface area (TPSA) is 64.8 Å². The standard InChI is InChI=1S/C10H20N2O3.ClH/c1-3-9(11)10(13)12-4-5-15-8(6-12)7-14-2;/h8-9H,3-7,11H2,1-2H3;1H/t8?,9-;/m0./s1. The summed E-state index contributed by atoms with van der Waals surface area (Å²) in [5.74, 6) is 0.0157. The summed E-state index contributed by atoms with van der Waals surface area (Å²) in [6, 6.07) is -0.383. The Hall–Kier alpha value is -0.360. The second kappa shape index (κ2) is 7.84. The van der Waals surface area contributed by atoms with E-state index in [0.29, 0.717) is 32.7 Å². The third-order valence-corrected chi connectivity index (χ3v) is 2.56. The molecule has 1 saturated heterocycles. The van der Waals surface area contributed by atoms with Crippen LogP contribution in [0.25, 0.3) is 0 Å². The van der Waals surface area contributed by atoms with Gasteiger partial charge in [0.25, 0.3) is 0 Å². The summed E-state index contributed by atoms with van der Waals surface area (Å²) in [6.07, 6.45) is 0.655. The van der Waals surface area contributed by atoms with Crippen LogP contribution < -0.4 is 5.73 Å². The van der Waals surface area contributed by atoms with Crippen molar-refractivity contribution >= 4 is 18.3 Å². The van der Waals surface area contributed by atoms with E-state index in [1.54, 1.807) is 12.0 Å². The van der Waals surface area contributed by atoms with Crippen LogP contribution in [-0.2, 0) is 14.3 Å². The van der Waals surface area contributed by atoms with Gasteiger partial charge in [-0.25, -0.2) is 0 Å². The third kappa shape index (κ3) is 4.25. The maximum absolute atomic E-state index is 11.8. The molecule has 1 fully saturated rings. The molecule has 1 unspecified atom stereocenters. The van der Waals surface area contributed by atoms with Crippen LogP contribution in [0.1, 0.15) is 13.3 Å². The first-order valence-electron chi connectivity index (χ1n) is 5.34. The van der Waals surface area contributed by atoms with E-state index >= 15 is 0 Å². The molecule has 16 heavy (non-hydrogen) atoms. The smallest absolute Gasteiger partial charge is 0.239 e. The highest BCUT2D eigenvalue weighted by molar-refractivity contribution is 5.85. The quantitative estimate of drug-likeness (QED) is 0.766. The normalized spacial score (nSPS) is 22.4. The highest BCUT2D eigenvalue weighted by Crippen LogP contribution is 2.07. The van der Waals surface area contributed by atoms with Gasteiger partial charge in [0.1, 0.15) is 0 Å². The van der Waals surface area contributed by atoms with E-state index in [1.165, 1.54) is 0 Å². The number of carbonyl (C=O) groups excluding carboxylic acids is 1. The first kappa shape index (κ1) is 15.6. The molecule has 2 atom stereocenters. The fourth-order valence-electron chi connectivity index (χ4n) is 1.62. The van der Waals surface area contributed by atoms with Crippen molar-refractivity contribution in [3.63, 3.8) is 0 Å². The van der Waals surface area contributed by atoms with E-state index < -0.39 is 0 Å². The molecule has 1 aliphatic rings. The number of nitrogens with two attached hydrogens (primary N) is 1. The predicted molar refractivity (Wildman–Crippen MR) is 63.7 cm³/mol. The zero-order chi connectivity index (χ0) is 11.3. The number of ether oxygens (including phenoxy) is 2. The molecular weight excluding hydrogens is 232 g/mol. The van der Waals surface area contributed by atoms with Crippen LogP contribution in [0.5, 0.6) is 0 Å². The number of hydrogen-bond acceptors (Lipinski definition) is 4. The second-order valence-corrected chi connectivity index (χ2v) is 3.75. The molecule has 96 valence electrons. The van der Waals surface area contributed by atoms with E-state index in [-0.39, 0.29) is 30.5 Å². The molecule has 2 N–H and O–H groups in total. The average molecular weight is 253 g/mol. The van der Waals surface area contributed by atoms with Gasteiger partial charge in [0.2, 0.25) is 5.91 Å². The van der Waals surface area contributed by atoms with Gasteiger partial charge in [-0.15, -0.1) is 12.4 Å². The second-order valence-electron chi connectivity index (χ2n) is 3.75. The highest BCUT2D eigenvalue weighted by Gasteiger charge is 2.26. The van der Waals surface area contributed by atoms with E-state index in [2.05, 4.69) is 0 Å². The molecular formula is C10H21ClN2O3. The van der Waals surface area contributed by atoms with Crippen LogP contribution in [0.15, 0.2) is 0 Å².